The van der Waals surface area contributed by atoms with Crippen molar-refractivity contribution >= 4 is 39.2 Å². The molecule has 2 aromatic rings. The van der Waals surface area contributed by atoms with Crippen molar-refractivity contribution < 1.29 is 17.8 Å². The van der Waals surface area contributed by atoms with Crippen LogP contribution in [0.5, 0.6) is 0 Å². The van der Waals surface area contributed by atoms with Crippen LogP contribution in [0.4, 0.5) is 23.1 Å². The fourth-order valence-corrected chi connectivity index (χ4v) is 3.49. The van der Waals surface area contributed by atoms with E-state index in [2.05, 4.69) is 15.3 Å². The number of amides is 1. The Morgan fingerprint density at radius 1 is 1.22 bits per heavy atom. The van der Waals surface area contributed by atoms with Gasteiger partial charge in [0.2, 0.25) is 11.9 Å². The number of hydrogen-bond donors (Lipinski definition) is 2. The first-order chi connectivity index (χ1) is 12.7. The third-order valence-corrected chi connectivity index (χ3v) is 5.37. The number of carbonyl (C=O) groups is 1. The van der Waals surface area contributed by atoms with Gasteiger partial charge in [-0.25, -0.2) is 4.98 Å². The highest BCUT2D eigenvalue weighted by Gasteiger charge is 2.35. The minimum atomic E-state index is -4.24. The summed E-state index contributed by atoms with van der Waals surface area (Å²) < 4.78 is 31.3. The molecular formula is C17H21N5O4S. The molecule has 0 bridgehead atoms. The van der Waals surface area contributed by atoms with Crippen LogP contribution in [-0.4, -0.2) is 49.0 Å². The molecule has 9 nitrogen and oxygen atoms in total. The van der Waals surface area contributed by atoms with Gasteiger partial charge in [-0.2, -0.15) is 13.4 Å². The Balaban J connectivity index is 1.89. The fourth-order valence-electron chi connectivity index (χ4n) is 3.01. The number of carbonyl (C=O) groups excluding carboxylic acids is 1. The van der Waals surface area contributed by atoms with Crippen molar-refractivity contribution in [1.82, 2.24) is 9.97 Å². The number of likely N-dealkylation sites (N-methyl/N-ethyl adjacent to an activating group) is 2. The molecule has 1 aromatic carbocycles. The molecule has 3 rings (SSSR count). The lowest BCUT2D eigenvalue weighted by Crippen LogP contribution is -2.51. The van der Waals surface area contributed by atoms with Gasteiger partial charge in [0.05, 0.1) is 11.1 Å². The smallest absolute Gasteiger partial charge is 0.294 e. The lowest BCUT2D eigenvalue weighted by molar-refractivity contribution is -0.120. The second kappa shape index (κ2) is 7.12. The predicted octanol–water partition coefficient (Wildman–Crippen LogP) is 2.05. The molecule has 0 aliphatic carbocycles. The number of aromatic nitrogens is 2. The molecule has 1 unspecified atom stereocenters. The number of nitrogens with one attached hydrogen (secondary N) is 1. The van der Waals surface area contributed by atoms with Gasteiger partial charge in [-0.05, 0) is 30.7 Å². The largest absolute Gasteiger partial charge is 0.346 e. The molecule has 0 saturated heterocycles. The van der Waals surface area contributed by atoms with Crippen LogP contribution in [0, 0.1) is 0 Å². The van der Waals surface area contributed by atoms with Crippen LogP contribution in [0.15, 0.2) is 35.4 Å². The molecule has 0 radical (unpaired) electrons. The quantitative estimate of drug-likeness (QED) is 0.744. The molecule has 1 aliphatic rings. The van der Waals surface area contributed by atoms with E-state index in [9.17, 15) is 13.2 Å². The fraction of sp³-hybridized carbons (Fsp3) is 0.353. The molecular weight excluding hydrogens is 370 g/mol. The zero-order valence-electron chi connectivity index (χ0n) is 15.2. The number of fused-ring (bicyclic) bond motifs is 1. The first kappa shape index (κ1) is 19.1. The summed E-state index contributed by atoms with van der Waals surface area (Å²) >= 11 is 0. The summed E-state index contributed by atoms with van der Waals surface area (Å²) in [5.41, 5.74) is 1.19. The SMILES string of the molecule is CCCC1C(=O)N(C)c2cnc(Nc3ccc(S(=O)(=O)O)cc3)nc2N1C. The van der Waals surface area contributed by atoms with Crippen molar-refractivity contribution in [1.29, 1.82) is 0 Å². The molecule has 144 valence electrons. The monoisotopic (exact) mass is 391 g/mol. The van der Waals surface area contributed by atoms with E-state index in [0.717, 1.165) is 12.8 Å². The van der Waals surface area contributed by atoms with Crippen LogP contribution >= 0.6 is 0 Å². The molecule has 0 fully saturated rings. The van der Waals surface area contributed by atoms with E-state index in [1.54, 1.807) is 18.1 Å². The molecule has 0 spiro atoms. The zero-order valence-corrected chi connectivity index (χ0v) is 16.1. The summed E-state index contributed by atoms with van der Waals surface area (Å²) in [6.07, 6.45) is 3.18. The molecule has 1 amide bonds. The lowest BCUT2D eigenvalue weighted by atomic mass is 10.1. The van der Waals surface area contributed by atoms with E-state index in [1.165, 1.54) is 24.3 Å². The lowest BCUT2D eigenvalue weighted by Gasteiger charge is -2.38. The van der Waals surface area contributed by atoms with Gasteiger partial charge in [0.25, 0.3) is 10.1 Å². The van der Waals surface area contributed by atoms with Gasteiger partial charge >= 0.3 is 0 Å². The maximum atomic E-state index is 12.5. The van der Waals surface area contributed by atoms with Crippen LogP contribution in [0.1, 0.15) is 19.8 Å². The highest BCUT2D eigenvalue weighted by molar-refractivity contribution is 7.85. The third-order valence-electron chi connectivity index (χ3n) is 4.50. The van der Waals surface area contributed by atoms with Crippen molar-refractivity contribution in [2.24, 2.45) is 0 Å². The van der Waals surface area contributed by atoms with Crippen molar-refractivity contribution in [2.45, 2.75) is 30.7 Å². The average molecular weight is 391 g/mol. The zero-order chi connectivity index (χ0) is 19.8. The first-order valence-electron chi connectivity index (χ1n) is 8.44. The maximum Gasteiger partial charge on any atom is 0.294 e. The van der Waals surface area contributed by atoms with Crippen LogP contribution in [0.3, 0.4) is 0 Å². The van der Waals surface area contributed by atoms with Crippen LogP contribution in [0.25, 0.3) is 0 Å². The third kappa shape index (κ3) is 3.71. The van der Waals surface area contributed by atoms with E-state index >= 15 is 0 Å². The Morgan fingerprint density at radius 2 is 1.89 bits per heavy atom. The Morgan fingerprint density at radius 3 is 2.48 bits per heavy atom. The Hall–Kier alpha value is -2.72. The van der Waals surface area contributed by atoms with Crippen LogP contribution in [-0.2, 0) is 14.9 Å². The summed E-state index contributed by atoms with van der Waals surface area (Å²) in [4.78, 5) is 24.5. The van der Waals surface area contributed by atoms with E-state index in [0.29, 0.717) is 23.1 Å². The minimum Gasteiger partial charge on any atom is -0.346 e. The van der Waals surface area contributed by atoms with E-state index in [-0.39, 0.29) is 16.8 Å². The van der Waals surface area contributed by atoms with Crippen molar-refractivity contribution in [3.63, 3.8) is 0 Å². The summed E-state index contributed by atoms with van der Waals surface area (Å²) in [7, 11) is -0.693. The van der Waals surface area contributed by atoms with E-state index < -0.39 is 10.1 Å². The standard InChI is InChI=1S/C17H21N5O4S/c1-4-5-13-16(23)22(3)14-10-18-17(20-15(14)21(13)2)19-11-6-8-12(9-7-11)27(24,25)26/h6-10,13H,4-5H2,1-3H3,(H,18,19,20)(H,24,25,26). The molecule has 27 heavy (non-hydrogen) atoms. The van der Waals surface area contributed by atoms with Crippen molar-refractivity contribution in [2.75, 3.05) is 29.2 Å². The normalized spacial score (nSPS) is 17.0. The van der Waals surface area contributed by atoms with E-state index in [4.69, 9.17) is 4.55 Å². The number of anilines is 4. The Kier molecular flexibility index (Phi) is 5.03. The summed E-state index contributed by atoms with van der Waals surface area (Å²) in [5.74, 6) is 0.970. The Labute approximate surface area is 157 Å². The van der Waals surface area contributed by atoms with Gasteiger partial charge in [0.1, 0.15) is 11.7 Å². The second-order valence-electron chi connectivity index (χ2n) is 6.34. The molecule has 1 atom stereocenters. The van der Waals surface area contributed by atoms with E-state index in [1.807, 2.05) is 18.9 Å². The van der Waals surface area contributed by atoms with Gasteiger partial charge in [0.15, 0.2) is 5.82 Å². The molecule has 1 aromatic heterocycles. The number of nitrogens with zero attached hydrogens (tertiary/aromatic N) is 4. The number of benzene rings is 1. The molecule has 1 aliphatic heterocycles. The molecule has 0 saturated carbocycles. The molecule has 10 heteroatoms. The van der Waals surface area contributed by atoms with Crippen LogP contribution < -0.4 is 15.1 Å². The highest BCUT2D eigenvalue weighted by Crippen LogP contribution is 2.34. The first-order valence-corrected chi connectivity index (χ1v) is 9.88. The molecule has 2 heterocycles. The number of hydrogen-bond acceptors (Lipinski definition) is 7. The summed E-state index contributed by atoms with van der Waals surface area (Å²) in [6, 6.07) is 5.30. The topological polar surface area (TPSA) is 116 Å². The predicted molar refractivity (Wildman–Crippen MR) is 102 cm³/mol. The average Bonchev–Trinajstić information content (AvgIpc) is 2.63. The minimum absolute atomic E-state index is 0.0111. The van der Waals surface area contributed by atoms with Crippen molar-refractivity contribution in [3.05, 3.63) is 30.5 Å². The maximum absolute atomic E-state index is 12.5. The van der Waals surface area contributed by atoms with Gasteiger partial charge in [0, 0.05) is 19.8 Å². The second-order valence-corrected chi connectivity index (χ2v) is 7.76. The Bertz CT molecular complexity index is 962. The van der Waals surface area contributed by atoms with Crippen LogP contribution in [0.2, 0.25) is 0 Å². The molecule has 2 N–H and O–H groups in total. The summed E-state index contributed by atoms with van der Waals surface area (Å²) in [5, 5.41) is 3.00. The van der Waals surface area contributed by atoms with Gasteiger partial charge in [-0.1, -0.05) is 13.3 Å². The van der Waals surface area contributed by atoms with Gasteiger partial charge < -0.3 is 15.1 Å². The number of rotatable bonds is 5. The summed E-state index contributed by atoms with van der Waals surface area (Å²) in [6.45, 7) is 2.03. The van der Waals surface area contributed by atoms with Gasteiger partial charge in [-0.15, -0.1) is 0 Å². The van der Waals surface area contributed by atoms with Gasteiger partial charge in [-0.3, -0.25) is 9.35 Å². The van der Waals surface area contributed by atoms with Crippen molar-refractivity contribution in [3.8, 4) is 0 Å². The highest BCUT2D eigenvalue weighted by atomic mass is 32.2.